The Morgan fingerprint density at radius 3 is 2.82 bits per heavy atom. The summed E-state index contributed by atoms with van der Waals surface area (Å²) in [6.07, 6.45) is 4.07. The molecule has 0 aliphatic heterocycles. The van der Waals surface area contributed by atoms with E-state index in [-0.39, 0.29) is 17.5 Å². The summed E-state index contributed by atoms with van der Waals surface area (Å²) in [4.78, 5) is 26.9. The number of rotatable bonds is 2. The average Bonchev–Trinajstić information content (AvgIpc) is 2.67. The first-order valence-corrected chi connectivity index (χ1v) is 5.99. The van der Waals surface area contributed by atoms with Crippen molar-refractivity contribution in [2.75, 3.05) is 0 Å². The minimum absolute atomic E-state index is 0.0914. The number of allylic oxidation sites excluding steroid dienone is 2. The van der Waals surface area contributed by atoms with Crippen molar-refractivity contribution in [1.29, 1.82) is 0 Å². The second-order valence-electron chi connectivity index (χ2n) is 5.15. The molecule has 90 valence electrons. The Kier molecular flexibility index (Phi) is 2.84. The van der Waals surface area contributed by atoms with Gasteiger partial charge < -0.3 is 5.53 Å². The van der Waals surface area contributed by atoms with Crippen molar-refractivity contribution in [3.05, 3.63) is 16.7 Å². The smallest absolute Gasteiger partial charge is 0.324 e. The lowest BCUT2D eigenvalue weighted by atomic mass is 9.63. The molecule has 2 aliphatic carbocycles. The minimum Gasteiger partial charge on any atom is -0.361 e. The molecule has 2 aliphatic rings. The maximum Gasteiger partial charge on any atom is 0.324 e. The Balaban J connectivity index is 2.55. The molecule has 0 saturated carbocycles. The zero-order valence-corrected chi connectivity index (χ0v) is 10.2. The molecule has 0 aromatic rings. The van der Waals surface area contributed by atoms with Crippen LogP contribution in [0.2, 0.25) is 0 Å². The second-order valence-corrected chi connectivity index (χ2v) is 5.15. The summed E-state index contributed by atoms with van der Waals surface area (Å²) in [5.41, 5.74) is 9.55. The van der Waals surface area contributed by atoms with Crippen molar-refractivity contribution in [2.45, 2.75) is 39.5 Å². The van der Waals surface area contributed by atoms with Gasteiger partial charge in [-0.3, -0.25) is 9.59 Å². The van der Waals surface area contributed by atoms with E-state index in [0.29, 0.717) is 12.0 Å². The van der Waals surface area contributed by atoms with E-state index in [1.807, 2.05) is 6.92 Å². The van der Waals surface area contributed by atoms with Crippen LogP contribution < -0.4 is 0 Å². The summed E-state index contributed by atoms with van der Waals surface area (Å²) in [6.45, 7) is 3.79. The fraction of sp³-hybridized carbons (Fsp3) is 0.615. The molecular weight excluding hydrogens is 216 g/mol. The van der Waals surface area contributed by atoms with E-state index >= 15 is 0 Å². The number of carbonyl (C=O) groups excluding carboxylic acids is 2. The van der Waals surface area contributed by atoms with Crippen molar-refractivity contribution < 1.29 is 14.4 Å². The van der Waals surface area contributed by atoms with E-state index in [2.05, 4.69) is 4.79 Å². The highest BCUT2D eigenvalue weighted by Crippen LogP contribution is 2.49. The van der Waals surface area contributed by atoms with Crippen LogP contribution in [0.1, 0.15) is 39.5 Å². The topological polar surface area (TPSA) is 70.5 Å². The molecule has 0 bridgehead atoms. The largest absolute Gasteiger partial charge is 0.361 e. The molecule has 0 spiro atoms. The van der Waals surface area contributed by atoms with Crippen molar-refractivity contribution in [3.8, 4) is 0 Å². The van der Waals surface area contributed by atoms with Gasteiger partial charge in [-0.25, -0.2) is 0 Å². The van der Waals surface area contributed by atoms with E-state index in [1.54, 1.807) is 6.92 Å². The lowest BCUT2D eigenvalue weighted by molar-refractivity contribution is -0.128. The van der Waals surface area contributed by atoms with Gasteiger partial charge in [0, 0.05) is 12.0 Å². The van der Waals surface area contributed by atoms with Crippen LogP contribution in [-0.4, -0.2) is 22.6 Å². The molecule has 0 N–H and O–H groups in total. The highest BCUT2D eigenvalue weighted by molar-refractivity contribution is 6.30. The van der Waals surface area contributed by atoms with E-state index in [9.17, 15) is 9.59 Å². The molecule has 4 nitrogen and oxygen atoms in total. The van der Waals surface area contributed by atoms with Crippen LogP contribution >= 0.6 is 0 Å². The van der Waals surface area contributed by atoms with Crippen LogP contribution in [0.5, 0.6) is 0 Å². The lowest BCUT2D eigenvalue weighted by Gasteiger charge is -2.37. The predicted octanol–water partition coefficient (Wildman–Crippen LogP) is 1.95. The quantitative estimate of drug-likeness (QED) is 0.414. The molecule has 0 amide bonds. The fourth-order valence-corrected chi connectivity index (χ4v) is 3.10. The molecule has 0 fully saturated rings. The third-order valence-corrected chi connectivity index (χ3v) is 4.36. The van der Waals surface area contributed by atoms with Gasteiger partial charge in [0.25, 0.3) is 0 Å². The van der Waals surface area contributed by atoms with Gasteiger partial charge in [-0.2, -0.15) is 4.79 Å². The minimum atomic E-state index is -0.798. The van der Waals surface area contributed by atoms with E-state index in [4.69, 9.17) is 5.53 Å². The molecule has 4 heteroatoms. The zero-order valence-electron chi connectivity index (χ0n) is 10.2. The standard InChI is InChI=1S/C13H16N2O2/c1-8-3-4-9-5-6-10(16)12(9)13(8,2)11(17)7-15-14/h7-8H,3-6H2,1-2H3/t8-,13+/m1/s1. The predicted molar refractivity (Wildman–Crippen MR) is 62.5 cm³/mol. The summed E-state index contributed by atoms with van der Waals surface area (Å²) in [6, 6.07) is 0. The Hall–Kier alpha value is -1.54. The van der Waals surface area contributed by atoms with Gasteiger partial charge in [0.2, 0.25) is 5.78 Å². The summed E-state index contributed by atoms with van der Waals surface area (Å²) < 4.78 is 0. The number of Topliss-reactive ketones (excluding diaryl/α,β-unsaturated/α-hetero) is 2. The fourth-order valence-electron chi connectivity index (χ4n) is 3.10. The van der Waals surface area contributed by atoms with Crippen LogP contribution in [0.25, 0.3) is 5.53 Å². The van der Waals surface area contributed by atoms with Gasteiger partial charge in [0.05, 0.1) is 5.41 Å². The lowest BCUT2D eigenvalue weighted by Crippen LogP contribution is -2.41. The third-order valence-electron chi connectivity index (χ3n) is 4.36. The molecule has 0 aromatic carbocycles. The SMILES string of the molecule is C[C@@H]1CCC2=C(C(=O)CC2)[C@]1(C)C(=O)C=[N+]=[N-]. The highest BCUT2D eigenvalue weighted by atomic mass is 16.1. The first kappa shape index (κ1) is 11.9. The number of carbonyl (C=O) groups is 2. The highest BCUT2D eigenvalue weighted by Gasteiger charge is 2.50. The molecule has 0 radical (unpaired) electrons. The molecule has 2 rings (SSSR count). The van der Waals surface area contributed by atoms with Gasteiger partial charge in [-0.15, -0.1) is 0 Å². The van der Waals surface area contributed by atoms with Crippen LogP contribution in [-0.2, 0) is 9.59 Å². The van der Waals surface area contributed by atoms with Gasteiger partial charge >= 0.3 is 6.21 Å². The number of hydrogen-bond donors (Lipinski definition) is 0. The number of hydrogen-bond acceptors (Lipinski definition) is 2. The maximum absolute atomic E-state index is 12.1. The van der Waals surface area contributed by atoms with Gasteiger partial charge in [-0.05, 0) is 32.1 Å². The molecule has 0 aromatic heterocycles. The maximum atomic E-state index is 12.1. The van der Waals surface area contributed by atoms with Crippen LogP contribution in [0.3, 0.4) is 0 Å². The summed E-state index contributed by atoms with van der Waals surface area (Å²) in [5.74, 6) is -0.0718. The summed E-state index contributed by atoms with van der Waals surface area (Å²) in [5, 5.41) is 0. The van der Waals surface area contributed by atoms with Crippen molar-refractivity contribution >= 4 is 17.8 Å². The van der Waals surface area contributed by atoms with Gasteiger partial charge in [0.1, 0.15) is 0 Å². The van der Waals surface area contributed by atoms with Crippen molar-refractivity contribution in [1.82, 2.24) is 0 Å². The Labute approximate surface area is 100 Å². The number of nitrogens with zero attached hydrogens (tertiary/aromatic N) is 2. The Morgan fingerprint density at radius 1 is 1.47 bits per heavy atom. The van der Waals surface area contributed by atoms with Crippen molar-refractivity contribution in [3.63, 3.8) is 0 Å². The van der Waals surface area contributed by atoms with E-state index in [1.165, 1.54) is 0 Å². The summed E-state index contributed by atoms with van der Waals surface area (Å²) >= 11 is 0. The zero-order chi connectivity index (χ0) is 12.6. The molecular formula is C13H16N2O2. The molecule has 0 heterocycles. The molecule has 0 saturated heterocycles. The van der Waals surface area contributed by atoms with Crippen molar-refractivity contribution in [2.24, 2.45) is 11.3 Å². The van der Waals surface area contributed by atoms with Crippen LogP contribution in [0.4, 0.5) is 0 Å². The second kappa shape index (κ2) is 4.04. The van der Waals surface area contributed by atoms with Crippen LogP contribution in [0.15, 0.2) is 11.1 Å². The Bertz CT molecular complexity index is 472. The molecule has 2 atom stereocenters. The normalized spacial score (nSPS) is 32.1. The summed E-state index contributed by atoms with van der Waals surface area (Å²) in [7, 11) is 0. The first-order chi connectivity index (χ1) is 8.01. The number of ketones is 2. The van der Waals surface area contributed by atoms with Gasteiger partial charge in [0.15, 0.2) is 5.78 Å². The first-order valence-electron chi connectivity index (χ1n) is 5.99. The van der Waals surface area contributed by atoms with Crippen LogP contribution in [0, 0.1) is 11.3 Å². The van der Waals surface area contributed by atoms with Gasteiger partial charge in [-0.1, -0.05) is 12.5 Å². The molecule has 0 unspecified atom stereocenters. The van der Waals surface area contributed by atoms with E-state index in [0.717, 1.165) is 31.1 Å². The average molecular weight is 232 g/mol. The van der Waals surface area contributed by atoms with E-state index < -0.39 is 5.41 Å². The molecule has 17 heavy (non-hydrogen) atoms. The monoisotopic (exact) mass is 232 g/mol. The Morgan fingerprint density at radius 2 is 2.18 bits per heavy atom. The third kappa shape index (κ3) is 1.60.